The van der Waals surface area contributed by atoms with E-state index >= 15 is 0 Å². The van der Waals surface area contributed by atoms with Crippen LogP contribution >= 0.6 is 34.4 Å². The summed E-state index contributed by atoms with van der Waals surface area (Å²) in [7, 11) is 0. The molecule has 0 unspecified atom stereocenters. The molecule has 0 aliphatic carbocycles. The lowest BCUT2D eigenvalue weighted by atomic mass is 10.2. The zero-order valence-electron chi connectivity index (χ0n) is 13.2. The van der Waals surface area contributed by atoms with E-state index in [4.69, 9.17) is 0 Å². The minimum absolute atomic E-state index is 0.0830. The van der Waals surface area contributed by atoms with Crippen LogP contribution in [0.15, 0.2) is 51.8 Å². The van der Waals surface area contributed by atoms with Crippen molar-refractivity contribution >= 4 is 46.1 Å². The molecule has 0 atom stereocenters. The van der Waals surface area contributed by atoms with E-state index in [0.717, 1.165) is 20.5 Å². The molecule has 1 amide bonds. The Kier molecular flexibility index (Phi) is 6.32. The van der Waals surface area contributed by atoms with Gasteiger partial charge in [0.15, 0.2) is 10.1 Å². The number of Topliss-reactive ketones (excluding diaryl/α,β-unsaturated/α-hetero) is 1. The Morgan fingerprint density at radius 2 is 2.12 bits per heavy atom. The number of pyridine rings is 1. The smallest absolute Gasteiger partial charge is 0.226 e. The number of thioether (sulfide) groups is 1. The van der Waals surface area contributed by atoms with Crippen LogP contribution < -0.4 is 5.32 Å². The third kappa shape index (κ3) is 5.48. The number of nitrogens with one attached hydrogen (secondary N) is 1. The van der Waals surface area contributed by atoms with Crippen LogP contribution in [0.25, 0.3) is 0 Å². The van der Waals surface area contributed by atoms with Gasteiger partial charge >= 0.3 is 0 Å². The number of ketones is 1. The van der Waals surface area contributed by atoms with Crippen molar-refractivity contribution in [3.05, 3.63) is 63.6 Å². The van der Waals surface area contributed by atoms with Crippen LogP contribution in [0.3, 0.4) is 0 Å². The van der Waals surface area contributed by atoms with Gasteiger partial charge in [-0.2, -0.15) is 0 Å². The second-order valence-electron chi connectivity index (χ2n) is 5.11. The Morgan fingerprint density at radius 3 is 2.88 bits per heavy atom. The Balaban J connectivity index is 1.45. The fourth-order valence-electron chi connectivity index (χ4n) is 2.00. The molecule has 0 spiro atoms. The predicted molar refractivity (Wildman–Crippen MR) is 101 cm³/mol. The molecule has 5 nitrogen and oxygen atoms in total. The van der Waals surface area contributed by atoms with E-state index in [1.165, 1.54) is 34.4 Å². The first kappa shape index (κ1) is 17.8. The molecule has 0 fully saturated rings. The monoisotopic (exact) mass is 389 g/mol. The van der Waals surface area contributed by atoms with Crippen molar-refractivity contribution in [3.8, 4) is 0 Å². The van der Waals surface area contributed by atoms with Crippen molar-refractivity contribution in [1.82, 2.24) is 15.3 Å². The number of thiazole rings is 1. The molecular weight excluding hydrogens is 374 g/mol. The highest BCUT2D eigenvalue weighted by atomic mass is 32.2. The topological polar surface area (TPSA) is 72.0 Å². The lowest BCUT2D eigenvalue weighted by molar-refractivity contribution is -0.120. The SMILES string of the molecule is O=C(Cc1csc(SCC(=O)c2cccs2)n1)NCc1cccnc1. The highest BCUT2D eigenvalue weighted by Gasteiger charge is 2.11. The van der Waals surface area contributed by atoms with E-state index in [9.17, 15) is 9.59 Å². The molecule has 0 aliphatic rings. The van der Waals surface area contributed by atoms with Crippen molar-refractivity contribution in [2.75, 3.05) is 5.75 Å². The molecule has 0 bridgehead atoms. The number of carbonyl (C=O) groups excluding carboxylic acids is 2. The van der Waals surface area contributed by atoms with E-state index in [2.05, 4.69) is 15.3 Å². The predicted octanol–water partition coefficient (Wildman–Crippen LogP) is 3.43. The van der Waals surface area contributed by atoms with Crippen molar-refractivity contribution in [3.63, 3.8) is 0 Å². The second kappa shape index (κ2) is 8.89. The Morgan fingerprint density at radius 1 is 1.20 bits per heavy atom. The van der Waals surface area contributed by atoms with Gasteiger partial charge in [0, 0.05) is 24.3 Å². The van der Waals surface area contributed by atoms with E-state index in [1.54, 1.807) is 12.4 Å². The quantitative estimate of drug-likeness (QED) is 0.472. The zero-order chi connectivity index (χ0) is 17.5. The number of hydrogen-bond acceptors (Lipinski definition) is 7. The second-order valence-corrected chi connectivity index (χ2v) is 8.14. The van der Waals surface area contributed by atoms with Crippen LogP contribution in [0, 0.1) is 0 Å². The normalized spacial score (nSPS) is 10.6. The summed E-state index contributed by atoms with van der Waals surface area (Å²) >= 11 is 4.31. The summed E-state index contributed by atoms with van der Waals surface area (Å²) < 4.78 is 0.806. The molecule has 0 saturated carbocycles. The average molecular weight is 390 g/mol. The minimum Gasteiger partial charge on any atom is -0.352 e. The van der Waals surface area contributed by atoms with Gasteiger partial charge in [-0.05, 0) is 23.1 Å². The Hall–Kier alpha value is -2.03. The number of carbonyl (C=O) groups is 2. The summed E-state index contributed by atoms with van der Waals surface area (Å²) in [6.45, 7) is 0.452. The van der Waals surface area contributed by atoms with E-state index < -0.39 is 0 Å². The fraction of sp³-hybridized carbons (Fsp3) is 0.176. The fourth-order valence-corrected chi connectivity index (χ4v) is 4.49. The first-order valence-electron chi connectivity index (χ1n) is 7.50. The lowest BCUT2D eigenvalue weighted by Crippen LogP contribution is -2.24. The molecule has 0 saturated heterocycles. The van der Waals surface area contributed by atoms with Gasteiger partial charge in [0.2, 0.25) is 5.91 Å². The lowest BCUT2D eigenvalue weighted by Gasteiger charge is -2.03. The molecule has 25 heavy (non-hydrogen) atoms. The van der Waals surface area contributed by atoms with Crippen LogP contribution in [0.2, 0.25) is 0 Å². The molecule has 8 heteroatoms. The summed E-state index contributed by atoms with van der Waals surface area (Å²) in [5.74, 6) is 0.382. The summed E-state index contributed by atoms with van der Waals surface area (Å²) in [5, 5.41) is 6.61. The van der Waals surface area contributed by atoms with Gasteiger partial charge in [0.25, 0.3) is 0 Å². The number of hydrogen-bond donors (Lipinski definition) is 1. The molecule has 0 radical (unpaired) electrons. The highest BCUT2D eigenvalue weighted by Crippen LogP contribution is 2.24. The van der Waals surface area contributed by atoms with Crippen LogP contribution in [0.4, 0.5) is 0 Å². The van der Waals surface area contributed by atoms with E-state index in [0.29, 0.717) is 12.3 Å². The molecule has 3 heterocycles. The molecule has 0 aromatic carbocycles. The molecule has 3 aromatic heterocycles. The summed E-state index contributed by atoms with van der Waals surface area (Å²) in [4.78, 5) is 33.2. The van der Waals surface area contributed by atoms with Crippen LogP contribution in [0.1, 0.15) is 20.9 Å². The summed E-state index contributed by atoms with van der Waals surface area (Å²) in [6.07, 6.45) is 3.65. The van der Waals surface area contributed by atoms with Crippen LogP contribution in [-0.4, -0.2) is 27.4 Å². The third-order valence-corrected chi connectivity index (χ3v) is 6.19. The van der Waals surface area contributed by atoms with Crippen molar-refractivity contribution in [1.29, 1.82) is 0 Å². The van der Waals surface area contributed by atoms with Gasteiger partial charge in [-0.3, -0.25) is 14.6 Å². The molecule has 0 aliphatic heterocycles. The van der Waals surface area contributed by atoms with Crippen LogP contribution in [0.5, 0.6) is 0 Å². The number of thiophene rings is 1. The standard InChI is InChI=1S/C17H15N3O2S3/c21-14(15-4-2-6-23-15)11-25-17-20-13(10-24-17)7-16(22)19-9-12-3-1-5-18-8-12/h1-6,8,10H,7,9,11H2,(H,19,22). The van der Waals surface area contributed by atoms with Gasteiger partial charge in [0.1, 0.15) is 0 Å². The summed E-state index contributed by atoms with van der Waals surface area (Å²) in [6, 6.07) is 7.44. The van der Waals surface area contributed by atoms with Crippen LogP contribution in [-0.2, 0) is 17.8 Å². The van der Waals surface area contributed by atoms with Crippen molar-refractivity contribution in [2.24, 2.45) is 0 Å². The van der Waals surface area contributed by atoms with Gasteiger partial charge in [-0.1, -0.05) is 23.9 Å². The summed E-state index contributed by atoms with van der Waals surface area (Å²) in [5.41, 5.74) is 1.68. The molecule has 1 N–H and O–H groups in total. The molecular formula is C17H15N3O2S3. The average Bonchev–Trinajstić information content (AvgIpc) is 3.31. The Labute approximate surface area is 157 Å². The first-order valence-corrected chi connectivity index (χ1v) is 10.2. The van der Waals surface area contributed by atoms with Gasteiger partial charge < -0.3 is 5.32 Å². The van der Waals surface area contributed by atoms with E-state index in [1.807, 2.05) is 35.0 Å². The number of rotatable bonds is 8. The highest BCUT2D eigenvalue weighted by molar-refractivity contribution is 8.01. The largest absolute Gasteiger partial charge is 0.352 e. The third-order valence-electron chi connectivity index (χ3n) is 3.21. The maximum Gasteiger partial charge on any atom is 0.226 e. The zero-order valence-corrected chi connectivity index (χ0v) is 15.6. The maximum atomic E-state index is 12.0. The first-order chi connectivity index (χ1) is 12.2. The molecule has 128 valence electrons. The van der Waals surface area contributed by atoms with Gasteiger partial charge in [-0.25, -0.2) is 4.98 Å². The van der Waals surface area contributed by atoms with Crippen molar-refractivity contribution in [2.45, 2.75) is 17.3 Å². The van der Waals surface area contributed by atoms with E-state index in [-0.39, 0.29) is 18.1 Å². The number of amides is 1. The molecule has 3 rings (SSSR count). The number of nitrogens with zero attached hydrogens (tertiary/aromatic N) is 2. The van der Waals surface area contributed by atoms with Gasteiger partial charge in [-0.15, -0.1) is 22.7 Å². The molecule has 3 aromatic rings. The Bertz CT molecular complexity index is 832. The number of aromatic nitrogens is 2. The van der Waals surface area contributed by atoms with Gasteiger partial charge in [0.05, 0.1) is 22.7 Å². The minimum atomic E-state index is -0.0830. The van der Waals surface area contributed by atoms with Crippen molar-refractivity contribution < 1.29 is 9.59 Å². The maximum absolute atomic E-state index is 12.0.